The molecule has 0 heterocycles. The molecule has 6 heteroatoms. The summed E-state index contributed by atoms with van der Waals surface area (Å²) in [5, 5.41) is 2.64. The normalized spacial score (nSPS) is 10.9. The van der Waals surface area contributed by atoms with Gasteiger partial charge in [0.15, 0.2) is 0 Å². The topological polar surface area (TPSA) is 64.6 Å². The number of methoxy groups -OCH3 is 1. The third kappa shape index (κ3) is 5.75. The van der Waals surface area contributed by atoms with Crippen molar-refractivity contribution in [3.05, 3.63) is 28.7 Å². The molecule has 1 aromatic rings. The molecule has 0 aliphatic rings. The summed E-state index contributed by atoms with van der Waals surface area (Å²) in [5.74, 6) is 0.0641. The summed E-state index contributed by atoms with van der Waals surface area (Å²) < 4.78 is 11.1. The molecule has 0 unspecified atom stereocenters. The first-order valence-corrected chi connectivity index (χ1v) is 7.43. The molecule has 0 radical (unpaired) electrons. The van der Waals surface area contributed by atoms with Gasteiger partial charge in [0.25, 0.3) is 0 Å². The number of halogens is 1. The minimum atomic E-state index is -1.02. The van der Waals surface area contributed by atoms with Crippen LogP contribution in [0.1, 0.15) is 26.7 Å². The van der Waals surface area contributed by atoms with Crippen LogP contribution >= 0.6 is 15.9 Å². The van der Waals surface area contributed by atoms with Crippen LogP contribution in [0, 0.1) is 0 Å². The zero-order chi connectivity index (χ0) is 15.9. The zero-order valence-corrected chi connectivity index (χ0v) is 14.0. The Morgan fingerprint density at radius 2 is 1.95 bits per heavy atom. The Bertz CT molecular complexity index is 502. The van der Waals surface area contributed by atoms with Gasteiger partial charge in [0.2, 0.25) is 5.91 Å². The minimum absolute atomic E-state index is 0.207. The highest BCUT2D eigenvalue weighted by molar-refractivity contribution is 9.10. The van der Waals surface area contributed by atoms with Gasteiger partial charge < -0.3 is 14.8 Å². The molecule has 0 saturated carbocycles. The van der Waals surface area contributed by atoms with Crippen LogP contribution in [0.5, 0.6) is 5.75 Å². The number of hydrogen-bond donors (Lipinski definition) is 1. The van der Waals surface area contributed by atoms with E-state index in [1.165, 1.54) is 7.11 Å². The molecule has 0 aliphatic carbocycles. The van der Waals surface area contributed by atoms with Gasteiger partial charge in [-0.1, -0.05) is 12.1 Å². The van der Waals surface area contributed by atoms with Gasteiger partial charge >= 0.3 is 5.97 Å². The number of carbonyl (C=O) groups excluding carboxylic acids is 2. The van der Waals surface area contributed by atoms with E-state index in [0.29, 0.717) is 13.0 Å². The van der Waals surface area contributed by atoms with Crippen LogP contribution in [0.3, 0.4) is 0 Å². The van der Waals surface area contributed by atoms with Gasteiger partial charge in [-0.05, 0) is 48.3 Å². The standard InChI is InChI=1S/C15H20BrNO4/c1-15(2,14(19)20-3)17-13(18)9-6-10-21-12-8-5-4-7-11(12)16/h4-5,7-8H,6,9-10H2,1-3H3,(H,17,18). The summed E-state index contributed by atoms with van der Waals surface area (Å²) in [7, 11) is 1.29. The molecule has 0 aliphatic heterocycles. The summed E-state index contributed by atoms with van der Waals surface area (Å²) in [5.41, 5.74) is -1.02. The Balaban J connectivity index is 2.31. The first kappa shape index (κ1) is 17.5. The van der Waals surface area contributed by atoms with Crippen LogP contribution in [0.15, 0.2) is 28.7 Å². The van der Waals surface area contributed by atoms with E-state index in [-0.39, 0.29) is 12.3 Å². The second-order valence-electron chi connectivity index (χ2n) is 5.05. The molecule has 0 aromatic heterocycles. The number of hydrogen-bond acceptors (Lipinski definition) is 4. The molecule has 0 bridgehead atoms. The van der Waals surface area contributed by atoms with Gasteiger partial charge in [0, 0.05) is 6.42 Å². The molecule has 0 atom stereocenters. The van der Waals surface area contributed by atoms with Crippen LogP contribution in [0.2, 0.25) is 0 Å². The van der Waals surface area contributed by atoms with Crippen molar-refractivity contribution < 1.29 is 19.1 Å². The van der Waals surface area contributed by atoms with Crippen molar-refractivity contribution >= 4 is 27.8 Å². The predicted molar refractivity (Wildman–Crippen MR) is 83.1 cm³/mol. The van der Waals surface area contributed by atoms with Gasteiger partial charge in [0.1, 0.15) is 11.3 Å². The third-order valence-electron chi connectivity index (χ3n) is 2.79. The highest BCUT2D eigenvalue weighted by atomic mass is 79.9. The predicted octanol–water partition coefficient (Wildman–Crippen LogP) is 2.68. The minimum Gasteiger partial charge on any atom is -0.492 e. The first-order chi connectivity index (χ1) is 9.86. The molecule has 1 N–H and O–H groups in total. The Labute approximate surface area is 133 Å². The van der Waals surface area contributed by atoms with E-state index in [0.717, 1.165) is 10.2 Å². The number of amides is 1. The fourth-order valence-electron chi connectivity index (χ4n) is 1.69. The number of esters is 1. The van der Waals surface area contributed by atoms with E-state index in [2.05, 4.69) is 26.0 Å². The van der Waals surface area contributed by atoms with Crippen molar-refractivity contribution in [3.8, 4) is 5.75 Å². The fourth-order valence-corrected chi connectivity index (χ4v) is 2.09. The molecule has 5 nitrogen and oxygen atoms in total. The monoisotopic (exact) mass is 357 g/mol. The van der Waals surface area contributed by atoms with Crippen LogP contribution in [-0.2, 0) is 14.3 Å². The number of benzene rings is 1. The molecule has 1 amide bonds. The Morgan fingerprint density at radius 3 is 2.57 bits per heavy atom. The zero-order valence-electron chi connectivity index (χ0n) is 12.4. The summed E-state index contributed by atoms with van der Waals surface area (Å²) in [6.07, 6.45) is 0.843. The van der Waals surface area contributed by atoms with E-state index in [4.69, 9.17) is 4.74 Å². The van der Waals surface area contributed by atoms with Crippen molar-refractivity contribution in [2.24, 2.45) is 0 Å². The van der Waals surface area contributed by atoms with Gasteiger partial charge in [-0.15, -0.1) is 0 Å². The summed E-state index contributed by atoms with van der Waals surface area (Å²) in [6, 6.07) is 7.52. The van der Waals surface area contributed by atoms with E-state index in [1.54, 1.807) is 13.8 Å². The van der Waals surface area contributed by atoms with Gasteiger partial charge in [-0.25, -0.2) is 4.79 Å². The van der Waals surface area contributed by atoms with E-state index >= 15 is 0 Å². The lowest BCUT2D eigenvalue weighted by Crippen LogP contribution is -2.50. The van der Waals surface area contributed by atoms with Crippen molar-refractivity contribution in [1.82, 2.24) is 5.32 Å². The van der Waals surface area contributed by atoms with Crippen LogP contribution in [-0.4, -0.2) is 31.1 Å². The van der Waals surface area contributed by atoms with Crippen LogP contribution < -0.4 is 10.1 Å². The van der Waals surface area contributed by atoms with Crippen molar-refractivity contribution in [2.75, 3.05) is 13.7 Å². The third-order valence-corrected chi connectivity index (χ3v) is 3.45. The Morgan fingerprint density at radius 1 is 1.29 bits per heavy atom. The molecule has 0 saturated heterocycles. The quantitative estimate of drug-likeness (QED) is 0.601. The van der Waals surface area contributed by atoms with Crippen LogP contribution in [0.25, 0.3) is 0 Å². The highest BCUT2D eigenvalue weighted by Crippen LogP contribution is 2.23. The number of para-hydroxylation sites is 1. The lowest BCUT2D eigenvalue weighted by Gasteiger charge is -2.23. The number of rotatable bonds is 7. The lowest BCUT2D eigenvalue weighted by atomic mass is 10.1. The lowest BCUT2D eigenvalue weighted by molar-refractivity contribution is -0.149. The largest absolute Gasteiger partial charge is 0.492 e. The summed E-state index contributed by atoms with van der Waals surface area (Å²) in [4.78, 5) is 23.2. The SMILES string of the molecule is COC(=O)C(C)(C)NC(=O)CCCOc1ccccc1Br. The van der Waals surface area contributed by atoms with E-state index < -0.39 is 11.5 Å². The number of nitrogens with one attached hydrogen (secondary N) is 1. The molecular weight excluding hydrogens is 338 g/mol. The van der Waals surface area contributed by atoms with Gasteiger partial charge in [-0.3, -0.25) is 4.79 Å². The molecule has 0 spiro atoms. The molecular formula is C15H20BrNO4. The second-order valence-corrected chi connectivity index (χ2v) is 5.90. The average molecular weight is 358 g/mol. The fraction of sp³-hybridized carbons (Fsp3) is 0.467. The Kier molecular flexibility index (Phi) is 6.68. The maximum Gasteiger partial charge on any atom is 0.330 e. The Hall–Kier alpha value is -1.56. The molecule has 116 valence electrons. The molecule has 0 fully saturated rings. The molecule has 1 rings (SSSR count). The van der Waals surface area contributed by atoms with Crippen molar-refractivity contribution in [1.29, 1.82) is 0 Å². The number of carbonyl (C=O) groups is 2. The van der Waals surface area contributed by atoms with Gasteiger partial charge in [-0.2, -0.15) is 0 Å². The van der Waals surface area contributed by atoms with Crippen molar-refractivity contribution in [3.63, 3.8) is 0 Å². The smallest absolute Gasteiger partial charge is 0.330 e. The van der Waals surface area contributed by atoms with E-state index in [1.807, 2.05) is 24.3 Å². The van der Waals surface area contributed by atoms with Crippen LogP contribution in [0.4, 0.5) is 0 Å². The first-order valence-electron chi connectivity index (χ1n) is 6.63. The maximum atomic E-state index is 11.8. The average Bonchev–Trinajstić information content (AvgIpc) is 2.43. The molecule has 1 aromatic carbocycles. The van der Waals surface area contributed by atoms with Crippen molar-refractivity contribution in [2.45, 2.75) is 32.2 Å². The molecule has 21 heavy (non-hydrogen) atoms. The van der Waals surface area contributed by atoms with E-state index in [9.17, 15) is 9.59 Å². The second kappa shape index (κ2) is 8.02. The summed E-state index contributed by atoms with van der Waals surface area (Å²) in [6.45, 7) is 3.64. The highest BCUT2D eigenvalue weighted by Gasteiger charge is 2.30. The van der Waals surface area contributed by atoms with Gasteiger partial charge in [0.05, 0.1) is 18.2 Å². The summed E-state index contributed by atoms with van der Waals surface area (Å²) >= 11 is 3.39. The number of ether oxygens (including phenoxy) is 2. The maximum absolute atomic E-state index is 11.8.